The Morgan fingerprint density at radius 2 is 2.25 bits per heavy atom. The number of aromatic amines is 1. The zero-order valence-electron chi connectivity index (χ0n) is 8.82. The molecule has 0 aliphatic carbocycles. The van der Waals surface area contributed by atoms with E-state index in [2.05, 4.69) is 15.0 Å². The van der Waals surface area contributed by atoms with E-state index in [4.69, 9.17) is 5.11 Å². The highest BCUT2D eigenvalue weighted by atomic mass is 16.5. The maximum atomic E-state index is 11.5. The molecule has 1 aromatic rings. The second-order valence-corrected chi connectivity index (χ2v) is 2.97. The molecule has 0 saturated carbocycles. The van der Waals surface area contributed by atoms with Gasteiger partial charge in [0.25, 0.3) is 5.91 Å². The number of aromatic nitrogens is 1. The molecule has 1 rings (SSSR count). The molecule has 0 saturated heterocycles. The van der Waals surface area contributed by atoms with Crippen LogP contribution < -0.4 is 10.3 Å². The number of nitrogens with one attached hydrogen (secondary N) is 2. The molecule has 0 radical (unpaired) electrons. The minimum absolute atomic E-state index is 0.0521. The summed E-state index contributed by atoms with van der Waals surface area (Å²) in [6.07, 6.45) is 2.75. The van der Waals surface area contributed by atoms with Crippen molar-refractivity contribution in [2.24, 2.45) is 0 Å². The van der Waals surface area contributed by atoms with Gasteiger partial charge in [-0.1, -0.05) is 0 Å². The van der Waals surface area contributed by atoms with Crippen LogP contribution in [-0.2, 0) is 9.53 Å². The second kappa shape index (κ2) is 5.69. The molecule has 0 fully saturated rings. The number of rotatable bonds is 4. The lowest BCUT2D eigenvalue weighted by Crippen LogP contribution is -2.31. The summed E-state index contributed by atoms with van der Waals surface area (Å²) in [6, 6.07) is 1.29. The van der Waals surface area contributed by atoms with E-state index in [0.29, 0.717) is 0 Å². The highest BCUT2D eigenvalue weighted by Gasteiger charge is 2.11. The van der Waals surface area contributed by atoms with Crippen molar-refractivity contribution < 1.29 is 24.4 Å². The van der Waals surface area contributed by atoms with E-state index in [9.17, 15) is 9.59 Å². The van der Waals surface area contributed by atoms with Gasteiger partial charge in [0.05, 0.1) is 6.61 Å². The SMILES string of the molecule is CCOC(=O)CNC(=O)c1c[nH+]cc(O)c1. The summed E-state index contributed by atoms with van der Waals surface area (Å²) in [5.74, 6) is -1.01. The fourth-order valence-corrected chi connectivity index (χ4v) is 1.06. The van der Waals surface area contributed by atoms with Crippen LogP contribution >= 0.6 is 0 Å². The third kappa shape index (κ3) is 3.56. The van der Waals surface area contributed by atoms with Crippen LogP contribution in [-0.4, -0.2) is 30.1 Å². The quantitative estimate of drug-likeness (QED) is 0.676. The Kier molecular flexibility index (Phi) is 4.26. The molecular formula is C10H13N2O4+. The number of hydrogen-bond donors (Lipinski definition) is 2. The summed E-state index contributed by atoms with van der Waals surface area (Å²) in [4.78, 5) is 25.0. The van der Waals surface area contributed by atoms with E-state index in [-0.39, 0.29) is 24.5 Å². The van der Waals surface area contributed by atoms with E-state index >= 15 is 0 Å². The fourth-order valence-electron chi connectivity index (χ4n) is 1.06. The van der Waals surface area contributed by atoms with E-state index in [0.717, 1.165) is 0 Å². The van der Waals surface area contributed by atoms with Crippen molar-refractivity contribution in [2.45, 2.75) is 6.92 Å². The second-order valence-electron chi connectivity index (χ2n) is 2.97. The van der Waals surface area contributed by atoms with Gasteiger partial charge in [-0.2, -0.15) is 0 Å². The largest absolute Gasteiger partial charge is 0.503 e. The molecular weight excluding hydrogens is 212 g/mol. The molecule has 1 amide bonds. The van der Waals surface area contributed by atoms with Crippen LogP contribution in [0.2, 0.25) is 0 Å². The summed E-state index contributed by atoms with van der Waals surface area (Å²) in [5.41, 5.74) is 0.240. The van der Waals surface area contributed by atoms with Gasteiger partial charge >= 0.3 is 5.97 Å². The number of carbonyl (C=O) groups is 2. The number of amides is 1. The van der Waals surface area contributed by atoms with Crippen LogP contribution in [0.25, 0.3) is 0 Å². The van der Waals surface area contributed by atoms with E-state index in [1.165, 1.54) is 18.5 Å². The normalized spacial score (nSPS) is 9.56. The van der Waals surface area contributed by atoms with Gasteiger partial charge in [-0.15, -0.1) is 0 Å². The van der Waals surface area contributed by atoms with Crippen LogP contribution in [0.3, 0.4) is 0 Å². The van der Waals surface area contributed by atoms with Gasteiger partial charge in [0.2, 0.25) is 6.20 Å². The van der Waals surface area contributed by atoms with Gasteiger partial charge in [0.15, 0.2) is 11.9 Å². The average Bonchev–Trinajstić information content (AvgIpc) is 2.26. The number of hydrogen-bond acceptors (Lipinski definition) is 4. The van der Waals surface area contributed by atoms with Crippen molar-refractivity contribution in [1.82, 2.24) is 5.32 Å². The lowest BCUT2D eigenvalue weighted by Gasteiger charge is -2.03. The van der Waals surface area contributed by atoms with E-state index < -0.39 is 11.9 Å². The molecule has 86 valence electrons. The summed E-state index contributed by atoms with van der Waals surface area (Å²) in [7, 11) is 0. The topological polar surface area (TPSA) is 89.8 Å². The van der Waals surface area contributed by atoms with Gasteiger partial charge in [0, 0.05) is 6.07 Å². The summed E-state index contributed by atoms with van der Waals surface area (Å²) in [5, 5.41) is 11.5. The number of H-pyrrole nitrogens is 1. The van der Waals surface area contributed by atoms with Gasteiger partial charge in [-0.05, 0) is 6.92 Å². The first kappa shape index (κ1) is 12.0. The van der Waals surface area contributed by atoms with Gasteiger partial charge in [-0.25, -0.2) is 4.98 Å². The van der Waals surface area contributed by atoms with Crippen molar-refractivity contribution >= 4 is 11.9 Å². The molecule has 6 heteroatoms. The van der Waals surface area contributed by atoms with Crippen molar-refractivity contribution in [2.75, 3.05) is 13.2 Å². The highest BCUT2D eigenvalue weighted by molar-refractivity contribution is 5.95. The Bertz CT molecular complexity index is 392. The molecule has 0 aliphatic rings. The highest BCUT2D eigenvalue weighted by Crippen LogP contribution is 2.05. The zero-order chi connectivity index (χ0) is 12.0. The first-order chi connectivity index (χ1) is 7.63. The minimum atomic E-state index is -0.500. The van der Waals surface area contributed by atoms with Crippen LogP contribution in [0, 0.1) is 0 Å². The summed E-state index contributed by atoms with van der Waals surface area (Å²) >= 11 is 0. The molecule has 16 heavy (non-hydrogen) atoms. The van der Waals surface area contributed by atoms with Gasteiger partial charge in [0.1, 0.15) is 12.1 Å². The number of ether oxygens (including phenoxy) is 1. The lowest BCUT2D eigenvalue weighted by molar-refractivity contribution is -0.379. The first-order valence-corrected chi connectivity index (χ1v) is 4.77. The Morgan fingerprint density at radius 1 is 1.50 bits per heavy atom. The molecule has 0 aliphatic heterocycles. The minimum Gasteiger partial charge on any atom is -0.503 e. The maximum absolute atomic E-state index is 11.5. The summed E-state index contributed by atoms with van der Waals surface area (Å²) in [6.45, 7) is 1.76. The maximum Gasteiger partial charge on any atom is 0.325 e. The van der Waals surface area contributed by atoms with E-state index in [1.807, 2.05) is 0 Å². The van der Waals surface area contributed by atoms with Crippen LogP contribution in [0.1, 0.15) is 17.3 Å². The molecule has 0 unspecified atom stereocenters. The number of aromatic hydroxyl groups is 1. The average molecular weight is 225 g/mol. The third-order valence-electron chi connectivity index (χ3n) is 1.73. The van der Waals surface area contributed by atoms with Crippen LogP contribution in [0.4, 0.5) is 0 Å². The van der Waals surface area contributed by atoms with Crippen molar-refractivity contribution in [3.63, 3.8) is 0 Å². The van der Waals surface area contributed by atoms with Gasteiger partial charge in [-0.3, -0.25) is 9.59 Å². The van der Waals surface area contributed by atoms with E-state index in [1.54, 1.807) is 6.92 Å². The molecule has 0 bridgehead atoms. The number of carbonyl (C=O) groups excluding carboxylic acids is 2. The van der Waals surface area contributed by atoms with Crippen molar-refractivity contribution in [3.05, 3.63) is 24.0 Å². The Hall–Kier alpha value is -2.11. The van der Waals surface area contributed by atoms with Gasteiger partial charge < -0.3 is 15.2 Å². The number of esters is 1. The molecule has 0 spiro atoms. The molecule has 0 aromatic carbocycles. The Balaban J connectivity index is 2.50. The molecule has 6 nitrogen and oxygen atoms in total. The molecule has 3 N–H and O–H groups in total. The van der Waals surface area contributed by atoms with Crippen LogP contribution in [0.5, 0.6) is 5.75 Å². The van der Waals surface area contributed by atoms with Crippen LogP contribution in [0.15, 0.2) is 18.5 Å². The molecule has 1 heterocycles. The van der Waals surface area contributed by atoms with Crippen molar-refractivity contribution in [1.29, 1.82) is 0 Å². The smallest absolute Gasteiger partial charge is 0.325 e. The molecule has 1 aromatic heterocycles. The fraction of sp³-hybridized carbons (Fsp3) is 0.300. The molecule has 0 atom stereocenters. The predicted octanol–water partition coefficient (Wildman–Crippen LogP) is -0.501. The number of pyridine rings is 1. The Morgan fingerprint density at radius 3 is 2.88 bits per heavy atom. The summed E-state index contributed by atoms with van der Waals surface area (Å²) < 4.78 is 4.64. The predicted molar refractivity (Wildman–Crippen MR) is 53.6 cm³/mol. The zero-order valence-corrected chi connectivity index (χ0v) is 8.82. The monoisotopic (exact) mass is 225 g/mol. The third-order valence-corrected chi connectivity index (χ3v) is 1.73. The Labute approximate surface area is 92.3 Å². The standard InChI is InChI=1S/C10H12N2O4/c1-2-16-9(14)6-12-10(15)7-3-8(13)5-11-4-7/h3-5,13H,2,6H2,1H3,(H,12,15)/p+1. The lowest BCUT2D eigenvalue weighted by atomic mass is 10.2. The first-order valence-electron chi connectivity index (χ1n) is 4.77. The van der Waals surface area contributed by atoms with Crippen molar-refractivity contribution in [3.8, 4) is 5.75 Å².